The number of carbonyl (C=O) groups excluding carboxylic acids is 2. The van der Waals surface area contributed by atoms with Crippen LogP contribution in [0.3, 0.4) is 0 Å². The molecule has 2 aliphatic heterocycles. The largest absolute Gasteiger partial charge is 0.479 e. The topological polar surface area (TPSA) is 77.9 Å². The Morgan fingerprint density at radius 3 is 2.74 bits per heavy atom. The molecule has 7 heteroatoms. The monoisotopic (exact) mass is 286 g/mol. The molecule has 0 aromatic carbocycles. The van der Waals surface area contributed by atoms with Gasteiger partial charge in [-0.05, 0) is 19.3 Å². The van der Waals surface area contributed by atoms with E-state index in [2.05, 4.69) is 0 Å². The van der Waals surface area contributed by atoms with E-state index in [1.165, 1.54) is 21.6 Å². The first-order valence-electron chi connectivity index (χ1n) is 6.40. The molecule has 0 saturated carbocycles. The lowest BCUT2D eigenvalue weighted by atomic mass is 9.93. The summed E-state index contributed by atoms with van der Waals surface area (Å²) in [7, 11) is 0. The van der Waals surface area contributed by atoms with Crippen molar-refractivity contribution >= 4 is 29.5 Å². The Labute approximate surface area is 116 Å². The van der Waals surface area contributed by atoms with E-state index in [-0.39, 0.29) is 18.4 Å². The summed E-state index contributed by atoms with van der Waals surface area (Å²) in [6, 6.07) is 0. The van der Waals surface area contributed by atoms with E-state index in [1.54, 1.807) is 6.92 Å². The molecule has 0 aromatic heterocycles. The van der Waals surface area contributed by atoms with Crippen LogP contribution in [0, 0.1) is 0 Å². The van der Waals surface area contributed by atoms with Crippen molar-refractivity contribution in [3.63, 3.8) is 0 Å². The molecule has 0 spiro atoms. The third-order valence-corrected chi connectivity index (χ3v) is 4.87. The molecule has 6 nitrogen and oxygen atoms in total. The first-order chi connectivity index (χ1) is 9.01. The molecule has 0 aromatic rings. The van der Waals surface area contributed by atoms with Gasteiger partial charge in [-0.1, -0.05) is 6.92 Å². The van der Waals surface area contributed by atoms with Gasteiger partial charge >= 0.3 is 5.97 Å². The summed E-state index contributed by atoms with van der Waals surface area (Å²) < 4.78 is 0. The number of rotatable bonds is 4. The Morgan fingerprint density at radius 2 is 2.21 bits per heavy atom. The summed E-state index contributed by atoms with van der Waals surface area (Å²) >= 11 is 1.48. The van der Waals surface area contributed by atoms with E-state index in [4.69, 9.17) is 0 Å². The van der Waals surface area contributed by atoms with E-state index in [0.29, 0.717) is 37.4 Å². The third kappa shape index (κ3) is 2.43. The Kier molecular flexibility index (Phi) is 4.03. The lowest BCUT2D eigenvalue weighted by molar-refractivity contribution is -0.157. The van der Waals surface area contributed by atoms with Crippen LogP contribution < -0.4 is 0 Å². The standard InChI is InChI=1S/C12H18N2O4S/c1-2-12(11(17)18)4-3-5-14(12)9(15)6-13-8-19-7-10(13)16/h2-8H2,1H3,(H,17,18). The molecule has 2 saturated heterocycles. The van der Waals surface area contributed by atoms with Crippen molar-refractivity contribution in [2.45, 2.75) is 31.7 Å². The highest BCUT2D eigenvalue weighted by molar-refractivity contribution is 8.00. The first-order valence-corrected chi connectivity index (χ1v) is 7.56. The van der Waals surface area contributed by atoms with E-state index in [9.17, 15) is 19.5 Å². The molecule has 2 aliphatic rings. The van der Waals surface area contributed by atoms with Crippen molar-refractivity contribution in [2.75, 3.05) is 24.7 Å². The van der Waals surface area contributed by atoms with Crippen molar-refractivity contribution in [1.29, 1.82) is 0 Å². The van der Waals surface area contributed by atoms with Gasteiger partial charge in [0.1, 0.15) is 12.1 Å². The van der Waals surface area contributed by atoms with Crippen molar-refractivity contribution < 1.29 is 19.5 Å². The number of hydrogen-bond donors (Lipinski definition) is 1. The highest BCUT2D eigenvalue weighted by Gasteiger charge is 2.48. The number of hydrogen-bond acceptors (Lipinski definition) is 4. The fourth-order valence-electron chi connectivity index (χ4n) is 2.77. The summed E-state index contributed by atoms with van der Waals surface area (Å²) in [5.41, 5.74) is -1.08. The molecule has 0 aliphatic carbocycles. The number of amides is 2. The Balaban J connectivity index is 2.09. The molecule has 1 N–H and O–H groups in total. The molecule has 2 fully saturated rings. The van der Waals surface area contributed by atoms with Crippen molar-refractivity contribution in [1.82, 2.24) is 9.80 Å². The van der Waals surface area contributed by atoms with E-state index in [0.717, 1.165) is 0 Å². The van der Waals surface area contributed by atoms with Gasteiger partial charge in [0.2, 0.25) is 11.8 Å². The van der Waals surface area contributed by atoms with Crippen LogP contribution in [-0.2, 0) is 14.4 Å². The van der Waals surface area contributed by atoms with E-state index < -0.39 is 11.5 Å². The summed E-state index contributed by atoms with van der Waals surface area (Å²) in [6.07, 6.45) is 1.60. The Bertz CT molecular complexity index is 415. The fraction of sp³-hybridized carbons (Fsp3) is 0.750. The van der Waals surface area contributed by atoms with Crippen LogP contribution in [-0.4, -0.2) is 62.9 Å². The second-order valence-corrected chi connectivity index (χ2v) is 5.86. The zero-order chi connectivity index (χ0) is 14.0. The van der Waals surface area contributed by atoms with Gasteiger partial charge in [0.25, 0.3) is 0 Å². The summed E-state index contributed by atoms with van der Waals surface area (Å²) in [5, 5.41) is 9.42. The van der Waals surface area contributed by atoms with Crippen molar-refractivity contribution in [3.05, 3.63) is 0 Å². The second-order valence-electron chi connectivity index (χ2n) is 4.91. The third-order valence-electron chi connectivity index (χ3n) is 3.92. The number of carboxylic acids is 1. The van der Waals surface area contributed by atoms with Crippen LogP contribution in [0.5, 0.6) is 0 Å². The number of aliphatic carboxylic acids is 1. The van der Waals surface area contributed by atoms with Crippen LogP contribution >= 0.6 is 11.8 Å². The molecule has 1 atom stereocenters. The van der Waals surface area contributed by atoms with Gasteiger partial charge in [-0.3, -0.25) is 9.59 Å². The molecule has 2 amide bonds. The molecule has 19 heavy (non-hydrogen) atoms. The maximum absolute atomic E-state index is 12.3. The van der Waals surface area contributed by atoms with Gasteiger partial charge in [-0.25, -0.2) is 4.79 Å². The second kappa shape index (κ2) is 5.40. The molecule has 2 rings (SSSR count). The molecule has 1 unspecified atom stereocenters. The minimum atomic E-state index is -1.08. The SMILES string of the molecule is CCC1(C(=O)O)CCCN1C(=O)CN1CSCC1=O. The highest BCUT2D eigenvalue weighted by Crippen LogP contribution is 2.33. The average molecular weight is 286 g/mol. The summed E-state index contributed by atoms with van der Waals surface area (Å²) in [5.74, 6) is -0.314. The van der Waals surface area contributed by atoms with Crippen molar-refractivity contribution in [2.24, 2.45) is 0 Å². The molecule has 2 heterocycles. The smallest absolute Gasteiger partial charge is 0.329 e. The first kappa shape index (κ1) is 14.2. The normalized spacial score (nSPS) is 27.1. The fourth-order valence-corrected chi connectivity index (χ4v) is 3.68. The van der Waals surface area contributed by atoms with Gasteiger partial charge in [0.15, 0.2) is 0 Å². The van der Waals surface area contributed by atoms with E-state index in [1.807, 2.05) is 0 Å². The van der Waals surface area contributed by atoms with Crippen LogP contribution in [0.15, 0.2) is 0 Å². The summed E-state index contributed by atoms with van der Waals surface area (Å²) in [6.45, 7) is 2.26. The van der Waals surface area contributed by atoms with Gasteiger partial charge in [-0.2, -0.15) is 0 Å². The molecular formula is C12H18N2O4S. The number of nitrogens with zero attached hydrogens (tertiary/aromatic N) is 2. The van der Waals surface area contributed by atoms with Gasteiger partial charge in [0.05, 0.1) is 11.6 Å². The molecule has 0 radical (unpaired) electrons. The van der Waals surface area contributed by atoms with Gasteiger partial charge in [0, 0.05) is 6.54 Å². The predicted molar refractivity (Wildman–Crippen MR) is 70.6 cm³/mol. The quantitative estimate of drug-likeness (QED) is 0.808. The number of likely N-dealkylation sites (tertiary alicyclic amines) is 1. The van der Waals surface area contributed by atoms with Crippen LogP contribution in [0.1, 0.15) is 26.2 Å². The van der Waals surface area contributed by atoms with Crippen LogP contribution in [0.25, 0.3) is 0 Å². The maximum atomic E-state index is 12.3. The molecule has 106 valence electrons. The van der Waals surface area contributed by atoms with Crippen molar-refractivity contribution in [3.8, 4) is 0 Å². The minimum Gasteiger partial charge on any atom is -0.479 e. The predicted octanol–water partition coefficient (Wildman–Crippen LogP) is 0.375. The zero-order valence-corrected chi connectivity index (χ0v) is 11.7. The lowest BCUT2D eigenvalue weighted by Gasteiger charge is -2.34. The molecule has 0 bridgehead atoms. The minimum absolute atomic E-state index is 0.000856. The zero-order valence-electron chi connectivity index (χ0n) is 10.9. The maximum Gasteiger partial charge on any atom is 0.329 e. The van der Waals surface area contributed by atoms with E-state index >= 15 is 0 Å². The summed E-state index contributed by atoms with van der Waals surface area (Å²) in [4.78, 5) is 38.2. The highest BCUT2D eigenvalue weighted by atomic mass is 32.2. The number of thioether (sulfide) groups is 1. The van der Waals surface area contributed by atoms with Gasteiger partial charge < -0.3 is 14.9 Å². The Morgan fingerprint density at radius 1 is 1.47 bits per heavy atom. The van der Waals surface area contributed by atoms with Crippen LogP contribution in [0.2, 0.25) is 0 Å². The molecular weight excluding hydrogens is 268 g/mol. The number of carbonyl (C=O) groups is 3. The van der Waals surface area contributed by atoms with Crippen LogP contribution in [0.4, 0.5) is 0 Å². The lowest BCUT2D eigenvalue weighted by Crippen LogP contribution is -2.55. The Hall–Kier alpha value is -1.24. The van der Waals surface area contributed by atoms with Gasteiger partial charge in [-0.15, -0.1) is 11.8 Å². The number of carboxylic acid groups (broad SMARTS) is 1. The average Bonchev–Trinajstić information content (AvgIpc) is 2.96.